The van der Waals surface area contributed by atoms with Crippen LogP contribution < -0.4 is 11.3 Å². The highest BCUT2D eigenvalue weighted by Crippen LogP contribution is 2.23. The van der Waals surface area contributed by atoms with Crippen LogP contribution in [0.15, 0.2) is 41.2 Å². The third kappa shape index (κ3) is 2.55. The normalized spacial score (nSPS) is 12.4. The minimum absolute atomic E-state index is 0.104. The van der Waals surface area contributed by atoms with Crippen molar-refractivity contribution in [1.82, 2.24) is 4.57 Å². The summed E-state index contributed by atoms with van der Waals surface area (Å²) in [5.41, 5.74) is 9.12. The molecule has 2 rings (SSSR count). The fourth-order valence-corrected chi connectivity index (χ4v) is 2.15. The van der Waals surface area contributed by atoms with Crippen LogP contribution in [-0.2, 0) is 0 Å². The number of aromatic nitrogens is 1. The molecule has 3 nitrogen and oxygen atoms in total. The van der Waals surface area contributed by atoms with Crippen molar-refractivity contribution in [2.24, 2.45) is 0 Å². The van der Waals surface area contributed by atoms with E-state index in [4.69, 9.17) is 5.73 Å². The first-order valence-corrected chi connectivity index (χ1v) is 6.62. The molecule has 0 bridgehead atoms. The lowest BCUT2D eigenvalue weighted by molar-refractivity contribution is 0.521. The number of aryl methyl sites for hydroxylation is 1. The lowest BCUT2D eigenvalue weighted by atomic mass is 10.1. The van der Waals surface area contributed by atoms with Crippen LogP contribution in [0.3, 0.4) is 0 Å². The average Bonchev–Trinajstić information content (AvgIpc) is 2.42. The lowest BCUT2D eigenvalue weighted by Crippen LogP contribution is -2.26. The molecule has 1 aromatic carbocycles. The molecule has 1 atom stereocenters. The van der Waals surface area contributed by atoms with Crippen molar-refractivity contribution >= 4 is 5.69 Å². The van der Waals surface area contributed by atoms with Gasteiger partial charge in [0.05, 0.1) is 11.4 Å². The average molecular weight is 256 g/mol. The van der Waals surface area contributed by atoms with Gasteiger partial charge in [0.15, 0.2) is 0 Å². The van der Waals surface area contributed by atoms with Crippen molar-refractivity contribution in [1.29, 1.82) is 0 Å². The van der Waals surface area contributed by atoms with Gasteiger partial charge in [0, 0.05) is 6.04 Å². The second kappa shape index (κ2) is 5.31. The van der Waals surface area contributed by atoms with Crippen molar-refractivity contribution in [2.75, 3.05) is 5.73 Å². The SMILES string of the molecule is CCC(C)n1c(-c2ccc(C)cc2)ccc(N)c1=O. The van der Waals surface area contributed by atoms with E-state index >= 15 is 0 Å². The molecule has 0 saturated carbocycles. The Bertz CT molecular complexity index is 626. The standard InChI is InChI=1S/C16H20N2O/c1-4-12(3)18-15(10-9-14(17)16(18)19)13-7-5-11(2)6-8-13/h5-10,12H,4,17H2,1-3H3. The van der Waals surface area contributed by atoms with E-state index in [1.54, 1.807) is 10.6 Å². The monoisotopic (exact) mass is 256 g/mol. The minimum Gasteiger partial charge on any atom is -0.394 e. The zero-order valence-corrected chi connectivity index (χ0v) is 11.7. The van der Waals surface area contributed by atoms with E-state index in [-0.39, 0.29) is 11.6 Å². The molecule has 2 aromatic rings. The first-order chi connectivity index (χ1) is 9.04. The molecule has 0 radical (unpaired) electrons. The summed E-state index contributed by atoms with van der Waals surface area (Å²) in [5.74, 6) is 0. The maximum atomic E-state index is 12.3. The Morgan fingerprint density at radius 2 is 1.79 bits per heavy atom. The van der Waals surface area contributed by atoms with Crippen molar-refractivity contribution < 1.29 is 0 Å². The molecule has 1 heterocycles. The Labute approximate surface area is 113 Å². The van der Waals surface area contributed by atoms with E-state index in [1.807, 2.05) is 25.1 Å². The molecule has 1 unspecified atom stereocenters. The van der Waals surface area contributed by atoms with Gasteiger partial charge in [-0.15, -0.1) is 0 Å². The molecule has 0 saturated heterocycles. The van der Waals surface area contributed by atoms with Gasteiger partial charge in [0.1, 0.15) is 0 Å². The Balaban J connectivity index is 2.66. The van der Waals surface area contributed by atoms with Crippen LogP contribution in [0, 0.1) is 6.92 Å². The maximum absolute atomic E-state index is 12.3. The van der Waals surface area contributed by atoms with E-state index in [2.05, 4.69) is 26.0 Å². The van der Waals surface area contributed by atoms with Gasteiger partial charge in [-0.2, -0.15) is 0 Å². The fourth-order valence-electron chi connectivity index (χ4n) is 2.15. The van der Waals surface area contributed by atoms with Crippen molar-refractivity contribution in [3.63, 3.8) is 0 Å². The van der Waals surface area contributed by atoms with Crippen LogP contribution in [0.25, 0.3) is 11.3 Å². The van der Waals surface area contributed by atoms with Gasteiger partial charge in [-0.3, -0.25) is 4.79 Å². The van der Waals surface area contributed by atoms with E-state index < -0.39 is 0 Å². The molecular formula is C16H20N2O. The predicted molar refractivity (Wildman–Crippen MR) is 80.3 cm³/mol. The second-order valence-electron chi connectivity index (χ2n) is 4.97. The van der Waals surface area contributed by atoms with Crippen LogP contribution in [0.2, 0.25) is 0 Å². The molecule has 1 aromatic heterocycles. The largest absolute Gasteiger partial charge is 0.394 e. The Hall–Kier alpha value is -2.03. The summed E-state index contributed by atoms with van der Waals surface area (Å²) in [6.07, 6.45) is 0.891. The Morgan fingerprint density at radius 1 is 1.16 bits per heavy atom. The number of hydrogen-bond donors (Lipinski definition) is 1. The van der Waals surface area contributed by atoms with Crippen LogP contribution in [0.4, 0.5) is 5.69 Å². The topological polar surface area (TPSA) is 48.0 Å². The van der Waals surface area contributed by atoms with Crippen LogP contribution >= 0.6 is 0 Å². The second-order valence-corrected chi connectivity index (χ2v) is 4.97. The zero-order valence-electron chi connectivity index (χ0n) is 11.7. The predicted octanol–water partition coefficient (Wildman–Crippen LogP) is 3.38. The maximum Gasteiger partial charge on any atom is 0.274 e. The molecule has 19 heavy (non-hydrogen) atoms. The van der Waals surface area contributed by atoms with Gasteiger partial charge >= 0.3 is 0 Å². The van der Waals surface area contributed by atoms with Gasteiger partial charge in [0.25, 0.3) is 5.56 Å². The zero-order chi connectivity index (χ0) is 14.0. The highest BCUT2D eigenvalue weighted by Gasteiger charge is 2.13. The number of nitrogens with zero attached hydrogens (tertiary/aromatic N) is 1. The smallest absolute Gasteiger partial charge is 0.274 e. The van der Waals surface area contributed by atoms with Crippen molar-refractivity contribution in [2.45, 2.75) is 33.2 Å². The summed E-state index contributed by atoms with van der Waals surface area (Å²) in [6, 6.07) is 11.9. The molecule has 3 heteroatoms. The first kappa shape index (κ1) is 13.4. The molecule has 0 spiro atoms. The number of benzene rings is 1. The number of anilines is 1. The highest BCUT2D eigenvalue weighted by molar-refractivity contribution is 5.62. The molecule has 0 aliphatic heterocycles. The molecule has 0 aliphatic rings. The van der Waals surface area contributed by atoms with Gasteiger partial charge in [-0.05, 0) is 38.0 Å². The van der Waals surface area contributed by atoms with E-state index in [0.717, 1.165) is 17.7 Å². The number of nitrogens with two attached hydrogens (primary N) is 1. The first-order valence-electron chi connectivity index (χ1n) is 6.62. The van der Waals surface area contributed by atoms with Crippen molar-refractivity contribution in [3.8, 4) is 11.3 Å². The molecule has 0 fully saturated rings. The summed E-state index contributed by atoms with van der Waals surface area (Å²) in [5, 5.41) is 0. The number of hydrogen-bond acceptors (Lipinski definition) is 2. The fraction of sp³-hybridized carbons (Fsp3) is 0.312. The Kier molecular flexibility index (Phi) is 3.74. The van der Waals surface area contributed by atoms with E-state index in [9.17, 15) is 4.79 Å². The molecule has 100 valence electrons. The minimum atomic E-state index is -0.104. The number of nitrogen functional groups attached to an aromatic ring is 1. The van der Waals surface area contributed by atoms with Gasteiger partial charge < -0.3 is 10.3 Å². The summed E-state index contributed by atoms with van der Waals surface area (Å²) in [4.78, 5) is 12.3. The van der Waals surface area contributed by atoms with Crippen LogP contribution in [0.1, 0.15) is 31.9 Å². The third-order valence-electron chi connectivity index (χ3n) is 3.52. The molecule has 2 N–H and O–H groups in total. The van der Waals surface area contributed by atoms with Gasteiger partial charge in [0.2, 0.25) is 0 Å². The number of rotatable bonds is 3. The van der Waals surface area contributed by atoms with E-state index in [0.29, 0.717) is 5.69 Å². The highest BCUT2D eigenvalue weighted by atomic mass is 16.1. The van der Waals surface area contributed by atoms with E-state index in [1.165, 1.54) is 5.56 Å². The van der Waals surface area contributed by atoms with Crippen LogP contribution in [-0.4, -0.2) is 4.57 Å². The Morgan fingerprint density at radius 3 is 2.37 bits per heavy atom. The summed E-state index contributed by atoms with van der Waals surface area (Å²) < 4.78 is 1.79. The lowest BCUT2D eigenvalue weighted by Gasteiger charge is -2.19. The molecule has 0 amide bonds. The van der Waals surface area contributed by atoms with Crippen LogP contribution in [0.5, 0.6) is 0 Å². The molecule has 0 aliphatic carbocycles. The van der Waals surface area contributed by atoms with Crippen molar-refractivity contribution in [3.05, 3.63) is 52.3 Å². The summed E-state index contributed by atoms with van der Waals surface area (Å²) in [7, 11) is 0. The summed E-state index contributed by atoms with van der Waals surface area (Å²) in [6.45, 7) is 6.16. The van der Waals surface area contributed by atoms with Gasteiger partial charge in [-0.25, -0.2) is 0 Å². The molecular weight excluding hydrogens is 236 g/mol. The van der Waals surface area contributed by atoms with Gasteiger partial charge in [-0.1, -0.05) is 36.8 Å². The number of pyridine rings is 1. The quantitative estimate of drug-likeness (QED) is 0.915. The summed E-state index contributed by atoms with van der Waals surface area (Å²) >= 11 is 0. The third-order valence-corrected chi connectivity index (χ3v) is 3.52.